The molecule has 4 rings (SSSR count). The van der Waals surface area contributed by atoms with Crippen LogP contribution in [0.1, 0.15) is 5.56 Å². The fraction of sp³-hybridized carbons (Fsp3) is 0.143. The minimum absolute atomic E-state index is 0.0437. The van der Waals surface area contributed by atoms with Crippen molar-refractivity contribution in [3.8, 4) is 16.9 Å². The van der Waals surface area contributed by atoms with Gasteiger partial charge in [-0.25, -0.2) is 4.98 Å². The van der Waals surface area contributed by atoms with Gasteiger partial charge in [-0.3, -0.25) is 10.1 Å². The van der Waals surface area contributed by atoms with Crippen molar-refractivity contribution in [1.29, 1.82) is 0 Å². The van der Waals surface area contributed by atoms with Gasteiger partial charge in [0.2, 0.25) is 5.82 Å². The topological polar surface area (TPSA) is 59.0 Å². The van der Waals surface area contributed by atoms with E-state index in [2.05, 4.69) is 41.5 Å². The SMILES string of the molecule is Cc1cccc([NH2+]c2cc(-c3ccc4c(c3)N(C)C(=O)CO4)ccn2)c1. The van der Waals surface area contributed by atoms with Crippen LogP contribution >= 0.6 is 0 Å². The van der Waals surface area contributed by atoms with Crippen LogP contribution < -0.4 is 15.0 Å². The van der Waals surface area contributed by atoms with E-state index in [4.69, 9.17) is 4.74 Å². The number of benzene rings is 2. The summed E-state index contributed by atoms with van der Waals surface area (Å²) in [5.41, 5.74) is 5.21. The van der Waals surface area contributed by atoms with Crippen LogP contribution in [-0.4, -0.2) is 24.5 Å². The summed E-state index contributed by atoms with van der Waals surface area (Å²) in [4.78, 5) is 18.0. The van der Waals surface area contributed by atoms with E-state index in [1.165, 1.54) is 5.56 Å². The maximum atomic E-state index is 11.9. The molecule has 1 aromatic heterocycles. The Bertz CT molecular complexity index is 984. The van der Waals surface area contributed by atoms with Crippen molar-refractivity contribution in [3.63, 3.8) is 0 Å². The molecular weight excluding hydrogens is 326 g/mol. The monoisotopic (exact) mass is 346 g/mol. The van der Waals surface area contributed by atoms with E-state index in [0.717, 1.165) is 34.1 Å². The standard InChI is InChI=1S/C21H19N3O2/c1-14-4-3-5-17(10-14)23-20-12-16(8-9-22-20)15-6-7-19-18(11-15)24(2)21(25)13-26-19/h3-12H,13H2,1-2H3,(H,22,23)/p+1. The second kappa shape index (κ2) is 6.61. The van der Waals surface area contributed by atoms with Crippen LogP contribution in [0.3, 0.4) is 0 Å². The molecule has 1 aliphatic rings. The molecule has 1 aliphatic heterocycles. The summed E-state index contributed by atoms with van der Waals surface area (Å²) >= 11 is 0. The van der Waals surface area contributed by atoms with Crippen LogP contribution in [0.2, 0.25) is 0 Å². The summed E-state index contributed by atoms with van der Waals surface area (Å²) in [5, 5.41) is 2.06. The maximum absolute atomic E-state index is 11.9. The van der Waals surface area contributed by atoms with Crippen LogP contribution in [0, 0.1) is 6.92 Å². The number of likely N-dealkylation sites (N-methyl/N-ethyl adjacent to an activating group) is 1. The summed E-state index contributed by atoms with van der Waals surface area (Å²) in [6.45, 7) is 2.17. The zero-order valence-electron chi connectivity index (χ0n) is 14.8. The van der Waals surface area contributed by atoms with Gasteiger partial charge in [0.05, 0.1) is 5.69 Å². The molecule has 0 unspecified atom stereocenters. The lowest BCUT2D eigenvalue weighted by atomic mass is 10.0. The number of ether oxygens (including phenoxy) is 1. The Morgan fingerprint density at radius 1 is 1.08 bits per heavy atom. The van der Waals surface area contributed by atoms with Crippen molar-refractivity contribution in [3.05, 3.63) is 66.4 Å². The second-order valence-corrected chi connectivity index (χ2v) is 6.45. The Morgan fingerprint density at radius 3 is 2.77 bits per heavy atom. The molecule has 0 saturated carbocycles. The zero-order chi connectivity index (χ0) is 18.1. The van der Waals surface area contributed by atoms with Gasteiger partial charge in [0, 0.05) is 25.4 Å². The van der Waals surface area contributed by atoms with Crippen LogP contribution in [0.4, 0.5) is 17.2 Å². The van der Waals surface area contributed by atoms with Gasteiger partial charge in [-0.15, -0.1) is 0 Å². The van der Waals surface area contributed by atoms with E-state index in [1.54, 1.807) is 11.9 Å². The molecule has 5 nitrogen and oxygen atoms in total. The first-order valence-corrected chi connectivity index (χ1v) is 8.51. The predicted molar refractivity (Wildman–Crippen MR) is 101 cm³/mol. The van der Waals surface area contributed by atoms with E-state index < -0.39 is 0 Å². The number of pyridine rings is 1. The lowest BCUT2D eigenvalue weighted by Gasteiger charge is -2.26. The molecule has 0 bridgehead atoms. The molecule has 0 radical (unpaired) electrons. The number of amides is 1. The number of anilines is 1. The number of aromatic nitrogens is 1. The lowest BCUT2D eigenvalue weighted by molar-refractivity contribution is -0.483. The van der Waals surface area contributed by atoms with Crippen LogP contribution in [0.5, 0.6) is 5.75 Å². The van der Waals surface area contributed by atoms with Gasteiger partial charge in [0.1, 0.15) is 11.4 Å². The Morgan fingerprint density at radius 2 is 1.92 bits per heavy atom. The molecular formula is C21H20N3O2+. The summed E-state index contributed by atoms with van der Waals surface area (Å²) in [5.74, 6) is 1.58. The Labute approximate surface area is 152 Å². The normalized spacial score (nSPS) is 13.3. The Hall–Kier alpha value is -3.18. The molecule has 0 spiro atoms. The molecule has 2 N–H and O–H groups in total. The van der Waals surface area contributed by atoms with Crippen molar-refractivity contribution < 1.29 is 14.8 Å². The van der Waals surface area contributed by atoms with Crippen molar-refractivity contribution in [2.45, 2.75) is 6.92 Å². The number of aryl methyl sites for hydroxylation is 1. The van der Waals surface area contributed by atoms with Crippen molar-refractivity contribution >= 4 is 23.1 Å². The van der Waals surface area contributed by atoms with Gasteiger partial charge >= 0.3 is 0 Å². The summed E-state index contributed by atoms with van der Waals surface area (Å²) in [6.07, 6.45) is 1.81. The van der Waals surface area contributed by atoms with E-state index in [0.29, 0.717) is 0 Å². The van der Waals surface area contributed by atoms with E-state index in [9.17, 15) is 4.79 Å². The number of nitrogens with two attached hydrogens (primary N) is 1. The third kappa shape index (κ3) is 3.17. The molecule has 2 aromatic carbocycles. The zero-order valence-corrected chi connectivity index (χ0v) is 14.8. The highest BCUT2D eigenvalue weighted by molar-refractivity contribution is 5.98. The van der Waals surface area contributed by atoms with E-state index in [1.807, 2.05) is 36.5 Å². The fourth-order valence-electron chi connectivity index (χ4n) is 3.09. The third-order valence-electron chi connectivity index (χ3n) is 4.52. The molecule has 0 atom stereocenters. The first-order valence-electron chi connectivity index (χ1n) is 8.51. The van der Waals surface area contributed by atoms with Crippen molar-refractivity contribution in [2.75, 3.05) is 18.6 Å². The Kier molecular flexibility index (Phi) is 4.14. The molecule has 26 heavy (non-hydrogen) atoms. The van der Waals surface area contributed by atoms with Crippen LogP contribution in [0.25, 0.3) is 11.1 Å². The molecule has 0 saturated heterocycles. The van der Waals surface area contributed by atoms with Gasteiger partial charge in [-0.05, 0) is 47.9 Å². The lowest BCUT2D eigenvalue weighted by Crippen LogP contribution is -2.71. The number of quaternary nitrogens is 1. The van der Waals surface area contributed by atoms with Crippen LogP contribution in [-0.2, 0) is 4.79 Å². The summed E-state index contributed by atoms with van der Waals surface area (Å²) in [7, 11) is 1.77. The highest BCUT2D eigenvalue weighted by atomic mass is 16.5. The number of fused-ring (bicyclic) bond motifs is 1. The first kappa shape index (κ1) is 16.3. The van der Waals surface area contributed by atoms with Gasteiger partial charge in [0.15, 0.2) is 6.61 Å². The molecule has 3 aromatic rings. The average Bonchev–Trinajstić information content (AvgIpc) is 2.65. The summed E-state index contributed by atoms with van der Waals surface area (Å²) < 4.78 is 5.50. The van der Waals surface area contributed by atoms with E-state index in [-0.39, 0.29) is 12.5 Å². The second-order valence-electron chi connectivity index (χ2n) is 6.45. The number of nitrogens with zero attached hydrogens (tertiary/aromatic N) is 2. The number of hydrogen-bond acceptors (Lipinski definition) is 3. The van der Waals surface area contributed by atoms with Crippen molar-refractivity contribution in [1.82, 2.24) is 4.98 Å². The smallest absolute Gasteiger partial charge is 0.264 e. The number of carbonyl (C=O) groups is 1. The van der Waals surface area contributed by atoms with Gasteiger partial charge in [-0.2, -0.15) is 0 Å². The molecule has 130 valence electrons. The van der Waals surface area contributed by atoms with Gasteiger partial charge < -0.3 is 9.64 Å². The van der Waals surface area contributed by atoms with Gasteiger partial charge in [0.25, 0.3) is 5.91 Å². The van der Waals surface area contributed by atoms with Crippen LogP contribution in [0.15, 0.2) is 60.8 Å². The highest BCUT2D eigenvalue weighted by Gasteiger charge is 2.22. The van der Waals surface area contributed by atoms with E-state index >= 15 is 0 Å². The highest BCUT2D eigenvalue weighted by Crippen LogP contribution is 2.35. The largest absolute Gasteiger partial charge is 0.482 e. The summed E-state index contributed by atoms with van der Waals surface area (Å²) in [6, 6.07) is 18.2. The van der Waals surface area contributed by atoms with Crippen molar-refractivity contribution in [2.24, 2.45) is 0 Å². The average molecular weight is 346 g/mol. The molecule has 5 heteroatoms. The molecule has 0 aliphatic carbocycles. The minimum Gasteiger partial charge on any atom is -0.482 e. The molecule has 0 fully saturated rings. The predicted octanol–water partition coefficient (Wildman–Crippen LogP) is 2.94. The molecule has 1 amide bonds. The minimum atomic E-state index is -0.0437. The number of carbonyl (C=O) groups excluding carboxylic acids is 1. The third-order valence-corrected chi connectivity index (χ3v) is 4.52. The number of hydrogen-bond donors (Lipinski definition) is 1. The Balaban J connectivity index is 1.66. The maximum Gasteiger partial charge on any atom is 0.264 e. The molecule has 2 heterocycles. The quantitative estimate of drug-likeness (QED) is 0.742. The first-order chi connectivity index (χ1) is 12.6. The fourth-order valence-corrected chi connectivity index (χ4v) is 3.09. The number of rotatable bonds is 3. The van der Waals surface area contributed by atoms with Gasteiger partial charge in [-0.1, -0.05) is 18.2 Å².